The van der Waals surface area contributed by atoms with Gasteiger partial charge in [0, 0.05) is 15.3 Å². The molecule has 1 aliphatic rings. The number of nitrogens with one attached hydrogen (secondary N) is 2. The largest absolute Gasteiger partial charge is 0.360 e. The van der Waals surface area contributed by atoms with Crippen molar-refractivity contribution in [3.63, 3.8) is 0 Å². The third-order valence-electron chi connectivity index (χ3n) is 3.02. The maximum atomic E-state index is 5.34. The summed E-state index contributed by atoms with van der Waals surface area (Å²) >= 11 is 7.64. The van der Waals surface area contributed by atoms with Crippen molar-refractivity contribution in [1.29, 1.82) is 0 Å². The van der Waals surface area contributed by atoms with Crippen molar-refractivity contribution in [1.82, 2.24) is 5.32 Å². The van der Waals surface area contributed by atoms with Crippen molar-refractivity contribution < 1.29 is 0 Å². The zero-order valence-electron chi connectivity index (χ0n) is 9.71. The monoisotopic (exact) mass is 360 g/mol. The zero-order valence-corrected chi connectivity index (χ0v) is 12.7. The van der Waals surface area contributed by atoms with Crippen molar-refractivity contribution in [3.05, 3.63) is 27.8 Å². The summed E-state index contributed by atoms with van der Waals surface area (Å²) in [6.45, 7) is 0. The summed E-state index contributed by atoms with van der Waals surface area (Å²) in [5.74, 6) is 0. The zero-order chi connectivity index (χ0) is 12.1. The maximum Gasteiger partial charge on any atom is 0.170 e. The van der Waals surface area contributed by atoms with Gasteiger partial charge in [-0.2, -0.15) is 0 Å². The minimum atomic E-state index is 0.562. The molecule has 17 heavy (non-hydrogen) atoms. The quantitative estimate of drug-likeness (QED) is 0.618. The van der Waals surface area contributed by atoms with Gasteiger partial charge < -0.3 is 10.6 Å². The van der Waals surface area contributed by atoms with E-state index < -0.39 is 0 Å². The fourth-order valence-corrected chi connectivity index (χ4v) is 2.99. The Bertz CT molecular complexity index is 389. The summed E-state index contributed by atoms with van der Waals surface area (Å²) in [5.41, 5.74) is 1.06. The number of thiocarbonyl (C=S) groups is 1. The summed E-state index contributed by atoms with van der Waals surface area (Å²) in [5, 5.41) is 7.40. The van der Waals surface area contributed by atoms with Crippen LogP contribution >= 0.6 is 34.8 Å². The third-order valence-corrected chi connectivity index (χ3v) is 3.91. The highest BCUT2D eigenvalue weighted by Crippen LogP contribution is 2.18. The van der Waals surface area contributed by atoms with Crippen LogP contribution in [0.3, 0.4) is 0 Å². The molecule has 1 saturated carbocycles. The summed E-state index contributed by atoms with van der Waals surface area (Å²) in [7, 11) is 0. The fraction of sp³-hybridized carbons (Fsp3) is 0.462. The molecule has 0 heterocycles. The molecule has 0 spiro atoms. The van der Waals surface area contributed by atoms with Gasteiger partial charge in [-0.1, -0.05) is 25.3 Å². The van der Waals surface area contributed by atoms with Gasteiger partial charge in [-0.3, -0.25) is 0 Å². The number of halogens is 1. The van der Waals surface area contributed by atoms with Gasteiger partial charge in [-0.15, -0.1) is 0 Å². The van der Waals surface area contributed by atoms with E-state index in [1.165, 1.54) is 35.7 Å². The summed E-state index contributed by atoms with van der Waals surface area (Å²) in [6, 6.07) is 8.80. The van der Waals surface area contributed by atoms with Gasteiger partial charge in [-0.25, -0.2) is 0 Å². The number of hydrogen-bond acceptors (Lipinski definition) is 1. The van der Waals surface area contributed by atoms with Gasteiger partial charge in [0.15, 0.2) is 5.11 Å². The van der Waals surface area contributed by atoms with E-state index in [1.807, 2.05) is 12.1 Å². The number of benzene rings is 1. The Morgan fingerprint density at radius 1 is 1.24 bits per heavy atom. The van der Waals surface area contributed by atoms with Crippen LogP contribution in [0.2, 0.25) is 0 Å². The van der Waals surface area contributed by atoms with Crippen molar-refractivity contribution in [2.75, 3.05) is 5.32 Å². The van der Waals surface area contributed by atoms with Crippen LogP contribution in [0.15, 0.2) is 24.3 Å². The molecule has 0 aromatic heterocycles. The van der Waals surface area contributed by atoms with E-state index in [1.54, 1.807) is 0 Å². The first-order valence-corrected chi connectivity index (χ1v) is 7.56. The van der Waals surface area contributed by atoms with E-state index in [0.717, 1.165) is 10.8 Å². The van der Waals surface area contributed by atoms with Crippen LogP contribution < -0.4 is 10.6 Å². The van der Waals surface area contributed by atoms with E-state index in [4.69, 9.17) is 12.2 Å². The Morgan fingerprint density at radius 2 is 2.00 bits per heavy atom. The lowest BCUT2D eigenvalue weighted by molar-refractivity contribution is 0.415. The lowest BCUT2D eigenvalue weighted by Crippen LogP contribution is -2.38. The minimum Gasteiger partial charge on any atom is -0.360 e. The highest BCUT2D eigenvalue weighted by atomic mass is 127. The van der Waals surface area contributed by atoms with Crippen LogP contribution in [-0.2, 0) is 0 Å². The first kappa shape index (κ1) is 13.1. The third kappa shape index (κ3) is 4.43. The molecule has 1 aromatic carbocycles. The maximum absolute atomic E-state index is 5.34. The Labute approximate surface area is 122 Å². The van der Waals surface area contributed by atoms with Crippen LogP contribution in [0.25, 0.3) is 0 Å². The molecule has 0 aliphatic heterocycles. The minimum absolute atomic E-state index is 0.562. The number of hydrogen-bond donors (Lipinski definition) is 2. The molecule has 2 rings (SSSR count). The topological polar surface area (TPSA) is 24.1 Å². The Morgan fingerprint density at radius 3 is 2.71 bits per heavy atom. The molecule has 2 N–H and O–H groups in total. The Kier molecular flexibility index (Phi) is 5.03. The summed E-state index contributed by atoms with van der Waals surface area (Å²) in [4.78, 5) is 0. The van der Waals surface area contributed by atoms with Crippen molar-refractivity contribution in [2.24, 2.45) is 0 Å². The first-order valence-electron chi connectivity index (χ1n) is 6.07. The molecular weight excluding hydrogens is 343 g/mol. The van der Waals surface area contributed by atoms with Crippen molar-refractivity contribution >= 4 is 45.6 Å². The molecule has 4 heteroatoms. The van der Waals surface area contributed by atoms with Crippen LogP contribution in [0, 0.1) is 3.57 Å². The first-order chi connectivity index (χ1) is 8.24. The van der Waals surface area contributed by atoms with Crippen LogP contribution in [0.4, 0.5) is 5.69 Å². The molecular formula is C13H17IN2S. The molecule has 0 atom stereocenters. The van der Waals surface area contributed by atoms with E-state index in [-0.39, 0.29) is 0 Å². The second kappa shape index (κ2) is 6.54. The molecule has 1 fully saturated rings. The molecule has 1 aliphatic carbocycles. The lowest BCUT2D eigenvalue weighted by atomic mass is 9.96. The van der Waals surface area contributed by atoms with Crippen molar-refractivity contribution in [2.45, 2.75) is 38.1 Å². The Hall–Kier alpha value is -0.360. The molecule has 0 unspecified atom stereocenters. The van der Waals surface area contributed by atoms with Crippen LogP contribution in [-0.4, -0.2) is 11.2 Å². The molecule has 0 saturated heterocycles. The molecule has 0 amide bonds. The fourth-order valence-electron chi connectivity index (χ4n) is 2.17. The smallest absolute Gasteiger partial charge is 0.170 e. The molecule has 0 radical (unpaired) electrons. The standard InChI is InChI=1S/C13H17IN2S/c14-10-5-4-8-12(9-10)16-13(17)15-11-6-2-1-3-7-11/h4-5,8-9,11H,1-3,6-7H2,(H2,15,16,17). The second-order valence-corrected chi connectivity index (χ2v) is 6.10. The molecule has 1 aromatic rings. The van der Waals surface area contributed by atoms with E-state index in [9.17, 15) is 0 Å². The summed E-state index contributed by atoms with van der Waals surface area (Å²) < 4.78 is 1.22. The van der Waals surface area contributed by atoms with Gasteiger partial charge in [0.1, 0.15) is 0 Å². The number of rotatable bonds is 2. The van der Waals surface area contributed by atoms with Crippen LogP contribution in [0.1, 0.15) is 32.1 Å². The van der Waals surface area contributed by atoms with Gasteiger partial charge in [0.05, 0.1) is 0 Å². The van der Waals surface area contributed by atoms with Gasteiger partial charge in [0.25, 0.3) is 0 Å². The SMILES string of the molecule is S=C(Nc1cccc(I)c1)NC1CCCCC1. The van der Waals surface area contributed by atoms with Crippen molar-refractivity contribution in [3.8, 4) is 0 Å². The Balaban J connectivity index is 1.84. The van der Waals surface area contributed by atoms with E-state index >= 15 is 0 Å². The average Bonchev–Trinajstić information content (AvgIpc) is 2.30. The predicted octanol–water partition coefficient (Wildman–Crippen LogP) is 3.91. The highest BCUT2D eigenvalue weighted by molar-refractivity contribution is 14.1. The molecule has 92 valence electrons. The predicted molar refractivity (Wildman–Crippen MR) is 85.4 cm³/mol. The highest BCUT2D eigenvalue weighted by Gasteiger charge is 2.13. The second-order valence-electron chi connectivity index (χ2n) is 4.44. The normalized spacial score (nSPS) is 16.5. The molecule has 2 nitrogen and oxygen atoms in total. The number of anilines is 1. The van der Waals surface area contributed by atoms with Crippen LogP contribution in [0.5, 0.6) is 0 Å². The summed E-state index contributed by atoms with van der Waals surface area (Å²) in [6.07, 6.45) is 6.50. The van der Waals surface area contributed by atoms with E-state index in [0.29, 0.717) is 6.04 Å². The molecule has 0 bridgehead atoms. The van der Waals surface area contributed by atoms with Gasteiger partial charge >= 0.3 is 0 Å². The van der Waals surface area contributed by atoms with Gasteiger partial charge in [-0.05, 0) is 65.8 Å². The van der Waals surface area contributed by atoms with Gasteiger partial charge in [0.2, 0.25) is 0 Å². The van der Waals surface area contributed by atoms with E-state index in [2.05, 4.69) is 45.4 Å². The average molecular weight is 360 g/mol. The lowest BCUT2D eigenvalue weighted by Gasteiger charge is -2.24.